The van der Waals surface area contributed by atoms with Crippen molar-refractivity contribution < 1.29 is 9.53 Å². The van der Waals surface area contributed by atoms with Gasteiger partial charge in [0.05, 0.1) is 0 Å². The van der Waals surface area contributed by atoms with Crippen LogP contribution in [0.2, 0.25) is 0 Å². The quantitative estimate of drug-likeness (QED) is 0.737. The molecule has 16 heavy (non-hydrogen) atoms. The molecule has 4 heteroatoms. The standard InChI is InChI=1S/C12H15NO2S/c14-12(11-2-1-7-16-11)15-10-8-13-5-3-9(10)4-6-13/h1-2,7,9-10H,3-6,8H2. The van der Waals surface area contributed by atoms with Crippen LogP contribution in [0.1, 0.15) is 22.5 Å². The molecular formula is C12H15NO2S. The minimum Gasteiger partial charge on any atom is -0.457 e. The van der Waals surface area contributed by atoms with Crippen LogP contribution in [0.3, 0.4) is 0 Å². The van der Waals surface area contributed by atoms with Gasteiger partial charge in [0.1, 0.15) is 11.0 Å². The van der Waals surface area contributed by atoms with Crippen molar-refractivity contribution in [3.05, 3.63) is 22.4 Å². The molecule has 86 valence electrons. The van der Waals surface area contributed by atoms with Crippen LogP contribution in [0.15, 0.2) is 17.5 Å². The summed E-state index contributed by atoms with van der Waals surface area (Å²) >= 11 is 1.45. The first-order valence-corrected chi connectivity index (χ1v) is 6.68. The van der Waals surface area contributed by atoms with Gasteiger partial charge in [0.2, 0.25) is 0 Å². The van der Waals surface area contributed by atoms with Gasteiger partial charge in [-0.15, -0.1) is 11.3 Å². The molecule has 3 saturated heterocycles. The summed E-state index contributed by atoms with van der Waals surface area (Å²) < 4.78 is 5.60. The molecule has 1 unspecified atom stereocenters. The Bertz CT molecular complexity index is 368. The van der Waals surface area contributed by atoms with Gasteiger partial charge in [0, 0.05) is 6.54 Å². The van der Waals surface area contributed by atoms with Crippen molar-refractivity contribution in [1.29, 1.82) is 0 Å². The van der Waals surface area contributed by atoms with Crippen LogP contribution in [-0.4, -0.2) is 36.6 Å². The molecule has 4 rings (SSSR count). The third kappa shape index (κ3) is 1.87. The highest BCUT2D eigenvalue weighted by Crippen LogP contribution is 2.30. The number of esters is 1. The van der Waals surface area contributed by atoms with Crippen LogP contribution in [0.25, 0.3) is 0 Å². The van der Waals surface area contributed by atoms with Gasteiger partial charge < -0.3 is 4.74 Å². The van der Waals surface area contributed by atoms with Gasteiger partial charge in [-0.3, -0.25) is 4.90 Å². The second-order valence-corrected chi connectivity index (χ2v) is 5.51. The van der Waals surface area contributed by atoms with Crippen molar-refractivity contribution in [3.8, 4) is 0 Å². The van der Waals surface area contributed by atoms with E-state index < -0.39 is 0 Å². The number of carbonyl (C=O) groups is 1. The number of fused-ring (bicyclic) bond motifs is 3. The zero-order chi connectivity index (χ0) is 11.0. The van der Waals surface area contributed by atoms with Gasteiger partial charge in [-0.2, -0.15) is 0 Å². The summed E-state index contributed by atoms with van der Waals surface area (Å²) in [7, 11) is 0. The van der Waals surface area contributed by atoms with Crippen LogP contribution in [-0.2, 0) is 4.74 Å². The van der Waals surface area contributed by atoms with E-state index >= 15 is 0 Å². The van der Waals surface area contributed by atoms with Crippen molar-refractivity contribution >= 4 is 17.3 Å². The molecule has 4 heterocycles. The number of piperidine rings is 3. The minimum atomic E-state index is -0.145. The molecule has 1 aromatic heterocycles. The fourth-order valence-corrected chi connectivity index (χ4v) is 3.24. The second-order valence-electron chi connectivity index (χ2n) is 4.56. The van der Waals surface area contributed by atoms with Crippen LogP contribution in [0.5, 0.6) is 0 Å². The average molecular weight is 237 g/mol. The molecule has 3 aliphatic rings. The molecule has 0 saturated carbocycles. The minimum absolute atomic E-state index is 0.122. The molecule has 0 aliphatic carbocycles. The van der Waals surface area contributed by atoms with E-state index in [-0.39, 0.29) is 12.1 Å². The second kappa shape index (κ2) is 4.18. The molecule has 3 fully saturated rings. The average Bonchev–Trinajstić information content (AvgIpc) is 2.84. The third-order valence-corrected chi connectivity index (χ3v) is 4.43. The molecule has 1 atom stereocenters. The summed E-state index contributed by atoms with van der Waals surface area (Å²) in [6.07, 6.45) is 2.49. The van der Waals surface area contributed by atoms with E-state index in [2.05, 4.69) is 4.90 Å². The fourth-order valence-electron chi connectivity index (χ4n) is 2.63. The van der Waals surface area contributed by atoms with Crippen LogP contribution in [0.4, 0.5) is 0 Å². The summed E-state index contributed by atoms with van der Waals surface area (Å²) in [4.78, 5) is 14.9. The van der Waals surface area contributed by atoms with E-state index in [4.69, 9.17) is 4.74 Å². The Hall–Kier alpha value is -0.870. The number of carbonyl (C=O) groups excluding carboxylic acids is 1. The Kier molecular flexibility index (Phi) is 2.69. The zero-order valence-corrected chi connectivity index (χ0v) is 9.91. The van der Waals surface area contributed by atoms with E-state index in [0.717, 1.165) is 11.4 Å². The van der Waals surface area contributed by atoms with E-state index in [9.17, 15) is 4.79 Å². The van der Waals surface area contributed by atoms with Crippen LogP contribution < -0.4 is 0 Å². The Balaban J connectivity index is 1.65. The molecule has 3 nitrogen and oxygen atoms in total. The predicted molar refractivity (Wildman–Crippen MR) is 62.7 cm³/mol. The lowest BCUT2D eigenvalue weighted by Gasteiger charge is -2.43. The van der Waals surface area contributed by atoms with Crippen molar-refractivity contribution in [2.75, 3.05) is 19.6 Å². The SMILES string of the molecule is O=C(OC1CN2CCC1CC2)c1cccs1. The normalized spacial score (nSPS) is 32.6. The number of nitrogens with zero attached hydrogens (tertiary/aromatic N) is 1. The Morgan fingerprint density at radius 1 is 1.44 bits per heavy atom. The monoisotopic (exact) mass is 237 g/mol. The fraction of sp³-hybridized carbons (Fsp3) is 0.583. The number of ether oxygens (including phenoxy) is 1. The molecular weight excluding hydrogens is 222 g/mol. The largest absolute Gasteiger partial charge is 0.457 e. The number of rotatable bonds is 2. The zero-order valence-electron chi connectivity index (χ0n) is 9.09. The molecule has 0 aromatic carbocycles. The maximum Gasteiger partial charge on any atom is 0.348 e. The van der Waals surface area contributed by atoms with Gasteiger partial charge in [-0.05, 0) is 43.3 Å². The predicted octanol–water partition coefficient (Wildman–Crippen LogP) is 2.00. The van der Waals surface area contributed by atoms with E-state index in [0.29, 0.717) is 5.92 Å². The van der Waals surface area contributed by atoms with Gasteiger partial charge >= 0.3 is 5.97 Å². The number of hydrogen-bond donors (Lipinski definition) is 0. The number of thiophene rings is 1. The first-order valence-electron chi connectivity index (χ1n) is 5.80. The summed E-state index contributed by atoms with van der Waals surface area (Å²) in [6, 6.07) is 3.71. The lowest BCUT2D eigenvalue weighted by molar-refractivity contribution is -0.0452. The molecule has 0 spiro atoms. The lowest BCUT2D eigenvalue weighted by Crippen LogP contribution is -2.51. The summed E-state index contributed by atoms with van der Waals surface area (Å²) in [6.45, 7) is 3.29. The topological polar surface area (TPSA) is 29.5 Å². The Morgan fingerprint density at radius 2 is 2.25 bits per heavy atom. The van der Waals surface area contributed by atoms with Crippen molar-refractivity contribution in [2.45, 2.75) is 18.9 Å². The van der Waals surface area contributed by atoms with Gasteiger partial charge in [-0.1, -0.05) is 6.07 Å². The Labute approximate surface area is 99.0 Å². The van der Waals surface area contributed by atoms with Crippen molar-refractivity contribution in [2.24, 2.45) is 5.92 Å². The first kappa shape index (κ1) is 10.3. The highest BCUT2D eigenvalue weighted by molar-refractivity contribution is 7.11. The van der Waals surface area contributed by atoms with E-state index in [1.807, 2.05) is 17.5 Å². The van der Waals surface area contributed by atoms with Crippen LogP contribution >= 0.6 is 11.3 Å². The smallest absolute Gasteiger partial charge is 0.348 e. The highest BCUT2D eigenvalue weighted by Gasteiger charge is 2.36. The van der Waals surface area contributed by atoms with Crippen LogP contribution in [0, 0.1) is 5.92 Å². The molecule has 2 bridgehead atoms. The Morgan fingerprint density at radius 3 is 2.81 bits per heavy atom. The number of hydrogen-bond acceptors (Lipinski definition) is 4. The summed E-state index contributed by atoms with van der Waals surface area (Å²) in [5.41, 5.74) is 0. The van der Waals surface area contributed by atoms with Crippen molar-refractivity contribution in [1.82, 2.24) is 4.90 Å². The molecule has 1 aromatic rings. The molecule has 0 N–H and O–H groups in total. The maximum absolute atomic E-state index is 11.8. The molecule has 3 aliphatic heterocycles. The van der Waals surface area contributed by atoms with Gasteiger partial charge in [0.25, 0.3) is 0 Å². The highest BCUT2D eigenvalue weighted by atomic mass is 32.1. The maximum atomic E-state index is 11.8. The van der Waals surface area contributed by atoms with E-state index in [1.54, 1.807) is 0 Å². The third-order valence-electron chi connectivity index (χ3n) is 3.58. The van der Waals surface area contributed by atoms with E-state index in [1.165, 1.54) is 37.3 Å². The lowest BCUT2D eigenvalue weighted by atomic mass is 9.86. The van der Waals surface area contributed by atoms with Gasteiger partial charge in [-0.25, -0.2) is 4.79 Å². The summed E-state index contributed by atoms with van der Waals surface area (Å²) in [5, 5.41) is 1.91. The molecule has 0 amide bonds. The summed E-state index contributed by atoms with van der Waals surface area (Å²) in [5.74, 6) is 0.447. The van der Waals surface area contributed by atoms with Gasteiger partial charge in [0.15, 0.2) is 0 Å². The molecule has 0 radical (unpaired) electrons. The first-order chi connectivity index (χ1) is 7.83. The van der Waals surface area contributed by atoms with Crippen molar-refractivity contribution in [3.63, 3.8) is 0 Å².